The molecule has 1 heterocycles. The Hall–Kier alpha value is -2.57. The van der Waals surface area contributed by atoms with Crippen LogP contribution in [0.5, 0.6) is 17.2 Å². The summed E-state index contributed by atoms with van der Waals surface area (Å²) >= 11 is 0. The van der Waals surface area contributed by atoms with E-state index in [0.29, 0.717) is 23.7 Å². The number of ether oxygens (including phenoxy) is 1. The largest absolute Gasteiger partial charge is 0.504 e. The molecule has 9 heteroatoms. The van der Waals surface area contributed by atoms with Crippen molar-refractivity contribution in [3.63, 3.8) is 0 Å². The lowest BCUT2D eigenvalue weighted by atomic mass is 10.2. The van der Waals surface area contributed by atoms with Crippen LogP contribution in [-0.2, 0) is 9.19 Å². The Morgan fingerprint density at radius 2 is 2.00 bits per heavy atom. The molecule has 0 radical (unpaired) electrons. The number of allylic oxidation sites excluding steroid dienone is 2. The van der Waals surface area contributed by atoms with Crippen LogP contribution in [0.1, 0.15) is 32.3 Å². The van der Waals surface area contributed by atoms with Crippen LogP contribution in [0.25, 0.3) is 0 Å². The monoisotopic (exact) mass is 393 g/mol. The van der Waals surface area contributed by atoms with Crippen LogP contribution in [0.4, 0.5) is 5.95 Å². The van der Waals surface area contributed by atoms with E-state index in [-0.39, 0.29) is 23.2 Å². The molecule has 0 fully saturated rings. The third-order valence-corrected chi connectivity index (χ3v) is 5.65. The zero-order valence-electron chi connectivity index (χ0n) is 15.8. The minimum atomic E-state index is -3.77. The van der Waals surface area contributed by atoms with Crippen molar-refractivity contribution in [2.75, 3.05) is 12.6 Å². The van der Waals surface area contributed by atoms with Crippen LogP contribution in [0, 0.1) is 6.92 Å². The number of nitrogens with zero attached hydrogens (tertiary/aromatic N) is 2. The minimum Gasteiger partial charge on any atom is -0.504 e. The van der Waals surface area contributed by atoms with Crippen molar-refractivity contribution in [3.05, 3.63) is 47.5 Å². The molecule has 0 bridgehead atoms. The van der Waals surface area contributed by atoms with Gasteiger partial charge in [0.05, 0.1) is 12.4 Å². The fourth-order valence-corrected chi connectivity index (χ4v) is 3.99. The highest BCUT2D eigenvalue weighted by molar-refractivity contribution is 7.58. The lowest BCUT2D eigenvalue weighted by Crippen LogP contribution is -2.08. The first-order valence-corrected chi connectivity index (χ1v) is 10.1. The average Bonchev–Trinajstić information content (AvgIpc) is 2.68. The summed E-state index contributed by atoms with van der Waals surface area (Å²) in [5, 5.41) is 10.5. The first-order valence-electron chi connectivity index (χ1n) is 8.52. The maximum atomic E-state index is 13.5. The molecule has 0 aliphatic rings. The highest BCUT2D eigenvalue weighted by Gasteiger charge is 2.32. The maximum absolute atomic E-state index is 13.5. The van der Waals surface area contributed by atoms with Crippen LogP contribution in [-0.4, -0.2) is 22.2 Å². The number of phenolic OH excluding ortho intramolecular Hbond substituents is 1. The van der Waals surface area contributed by atoms with Crippen LogP contribution in [0.2, 0.25) is 0 Å². The quantitative estimate of drug-likeness (QED) is 0.462. The zero-order valence-corrected chi connectivity index (χ0v) is 16.7. The van der Waals surface area contributed by atoms with Crippen LogP contribution in [0.15, 0.2) is 42.0 Å². The standard InChI is InChI=1S/C18H24N3O5P/c1-5-8-15(6-2)27(23,26-21-18-19-9-7-10-20-18)25-14-11-13(3)17(22)16(12-14)24-4/h7-12,22H,5-6H2,1-4H3,(H,19,20,21)/b15-8+. The Balaban J connectivity index is 2.36. The molecule has 0 aliphatic heterocycles. The van der Waals surface area contributed by atoms with E-state index in [1.54, 1.807) is 25.1 Å². The number of hydrogen-bond acceptors (Lipinski definition) is 8. The fourth-order valence-electron chi connectivity index (χ4n) is 2.34. The van der Waals surface area contributed by atoms with Crippen molar-refractivity contribution in [1.82, 2.24) is 9.97 Å². The third-order valence-electron chi connectivity index (χ3n) is 3.66. The Morgan fingerprint density at radius 1 is 1.30 bits per heavy atom. The number of benzene rings is 1. The first-order chi connectivity index (χ1) is 12.9. The van der Waals surface area contributed by atoms with Gasteiger partial charge in [-0.25, -0.2) is 20.0 Å². The molecular formula is C18H24N3O5P. The van der Waals surface area contributed by atoms with Gasteiger partial charge in [0.15, 0.2) is 11.5 Å². The number of aryl methyl sites for hydroxylation is 1. The van der Waals surface area contributed by atoms with E-state index >= 15 is 0 Å². The number of anilines is 1. The second kappa shape index (κ2) is 9.39. The van der Waals surface area contributed by atoms with Gasteiger partial charge in [0, 0.05) is 18.5 Å². The molecule has 1 aromatic carbocycles. The Kier molecular flexibility index (Phi) is 7.21. The summed E-state index contributed by atoms with van der Waals surface area (Å²) in [5.74, 6) is 0.620. The number of aromatic nitrogens is 2. The Morgan fingerprint density at radius 3 is 2.59 bits per heavy atom. The van der Waals surface area contributed by atoms with E-state index in [4.69, 9.17) is 13.9 Å². The normalized spacial score (nSPS) is 13.7. The van der Waals surface area contributed by atoms with Crippen LogP contribution < -0.4 is 14.7 Å². The topological polar surface area (TPSA) is 103 Å². The van der Waals surface area contributed by atoms with Gasteiger partial charge >= 0.3 is 7.60 Å². The van der Waals surface area contributed by atoms with Gasteiger partial charge in [0.1, 0.15) is 5.75 Å². The van der Waals surface area contributed by atoms with Crippen molar-refractivity contribution in [1.29, 1.82) is 0 Å². The molecule has 27 heavy (non-hydrogen) atoms. The van der Waals surface area contributed by atoms with Gasteiger partial charge in [-0.15, -0.1) is 0 Å². The minimum absolute atomic E-state index is 0.00349. The van der Waals surface area contributed by atoms with Crippen molar-refractivity contribution in [2.24, 2.45) is 0 Å². The molecule has 8 nitrogen and oxygen atoms in total. The molecule has 0 saturated carbocycles. The van der Waals surface area contributed by atoms with E-state index in [0.717, 1.165) is 0 Å². The van der Waals surface area contributed by atoms with Crippen molar-refractivity contribution < 1.29 is 23.6 Å². The molecule has 2 aromatic rings. The lowest BCUT2D eigenvalue weighted by molar-refractivity contribution is 0.319. The molecule has 1 aromatic heterocycles. The van der Waals surface area contributed by atoms with Gasteiger partial charge < -0.3 is 14.4 Å². The predicted molar refractivity (Wildman–Crippen MR) is 103 cm³/mol. The second-order valence-corrected chi connectivity index (χ2v) is 7.54. The fraction of sp³-hybridized carbons (Fsp3) is 0.333. The highest BCUT2D eigenvalue weighted by atomic mass is 31.2. The second-order valence-electron chi connectivity index (χ2n) is 5.60. The van der Waals surface area contributed by atoms with Crippen molar-refractivity contribution >= 4 is 13.5 Å². The number of phenols is 1. The summed E-state index contributed by atoms with van der Waals surface area (Å²) in [7, 11) is -2.34. The van der Waals surface area contributed by atoms with Crippen LogP contribution in [0.3, 0.4) is 0 Å². The number of rotatable bonds is 9. The molecule has 0 amide bonds. The molecule has 0 saturated heterocycles. The average molecular weight is 393 g/mol. The summed E-state index contributed by atoms with van der Waals surface area (Å²) in [6.45, 7) is 5.49. The summed E-state index contributed by atoms with van der Waals surface area (Å²) in [4.78, 5) is 7.95. The van der Waals surface area contributed by atoms with Gasteiger partial charge in [0.25, 0.3) is 0 Å². The molecule has 1 unspecified atom stereocenters. The predicted octanol–water partition coefficient (Wildman–Crippen LogP) is 4.82. The third kappa shape index (κ3) is 5.21. The molecule has 1 atom stereocenters. The van der Waals surface area contributed by atoms with Crippen LogP contribution >= 0.6 is 7.60 Å². The van der Waals surface area contributed by atoms with Crippen molar-refractivity contribution in [3.8, 4) is 17.2 Å². The highest BCUT2D eigenvalue weighted by Crippen LogP contribution is 2.57. The Bertz CT molecular complexity index is 842. The first kappa shape index (κ1) is 20.7. The molecule has 0 spiro atoms. The molecule has 2 N–H and O–H groups in total. The van der Waals surface area contributed by atoms with E-state index in [9.17, 15) is 9.67 Å². The SMILES string of the molecule is CC/C=C(\CC)P(=O)(ONc1ncccn1)Oc1cc(C)c(O)c(OC)c1. The van der Waals surface area contributed by atoms with E-state index in [1.807, 2.05) is 13.8 Å². The number of nitrogens with one attached hydrogen (secondary N) is 1. The van der Waals surface area contributed by atoms with Gasteiger partial charge in [-0.1, -0.05) is 19.9 Å². The number of hydrogen-bond donors (Lipinski definition) is 2. The summed E-state index contributed by atoms with van der Waals surface area (Å²) < 4.78 is 29.9. The maximum Gasteiger partial charge on any atom is 0.427 e. The molecule has 146 valence electrons. The molecule has 2 rings (SSSR count). The van der Waals surface area contributed by atoms with Gasteiger partial charge in [-0.2, -0.15) is 4.62 Å². The van der Waals surface area contributed by atoms with Gasteiger partial charge in [-0.05, 0) is 37.5 Å². The van der Waals surface area contributed by atoms with E-state index in [2.05, 4.69) is 15.4 Å². The molecular weight excluding hydrogens is 369 g/mol. The van der Waals surface area contributed by atoms with E-state index in [1.165, 1.54) is 25.6 Å². The van der Waals surface area contributed by atoms with E-state index < -0.39 is 7.60 Å². The number of aromatic hydroxyl groups is 1. The Labute approximate surface area is 158 Å². The lowest BCUT2D eigenvalue weighted by Gasteiger charge is -2.21. The summed E-state index contributed by atoms with van der Waals surface area (Å²) in [5.41, 5.74) is 3.02. The summed E-state index contributed by atoms with van der Waals surface area (Å²) in [6, 6.07) is 4.67. The summed E-state index contributed by atoms with van der Waals surface area (Å²) in [6.07, 6.45) is 6.00. The number of methoxy groups -OCH3 is 1. The van der Waals surface area contributed by atoms with Gasteiger partial charge in [-0.3, -0.25) is 0 Å². The van der Waals surface area contributed by atoms with Crippen molar-refractivity contribution in [2.45, 2.75) is 33.6 Å². The smallest absolute Gasteiger partial charge is 0.427 e. The van der Waals surface area contributed by atoms with Gasteiger partial charge in [0.2, 0.25) is 5.95 Å². The molecule has 0 aliphatic carbocycles. The zero-order chi connectivity index (χ0) is 19.9.